The van der Waals surface area contributed by atoms with Crippen LogP contribution in [-0.4, -0.2) is 74.0 Å². The maximum absolute atomic E-state index is 12.4. The number of hydrogen-bond donors (Lipinski definition) is 0. The number of methoxy groups -OCH3 is 1. The van der Waals surface area contributed by atoms with Crippen molar-refractivity contribution in [2.45, 2.75) is 13.5 Å². The molecule has 1 aliphatic rings. The van der Waals surface area contributed by atoms with E-state index in [0.717, 1.165) is 44.0 Å². The lowest BCUT2D eigenvalue weighted by Gasteiger charge is -2.34. The lowest BCUT2D eigenvalue weighted by atomic mass is 10.2. The summed E-state index contributed by atoms with van der Waals surface area (Å²) in [5.41, 5.74) is 1.04. The molecule has 0 N–H and O–H groups in total. The van der Waals surface area contributed by atoms with Crippen molar-refractivity contribution < 1.29 is 9.53 Å². The second-order valence-corrected chi connectivity index (χ2v) is 5.77. The SMILES string of the molecule is CCN1CCN(CC(=O)N(C)Cc2ccccc2OC)CC1. The van der Waals surface area contributed by atoms with Crippen molar-refractivity contribution in [3.8, 4) is 5.75 Å². The van der Waals surface area contributed by atoms with Crippen molar-refractivity contribution in [1.29, 1.82) is 0 Å². The number of nitrogens with zero attached hydrogens (tertiary/aromatic N) is 3. The highest BCUT2D eigenvalue weighted by Crippen LogP contribution is 2.18. The minimum absolute atomic E-state index is 0.163. The predicted octanol–water partition coefficient (Wildman–Crippen LogP) is 1.29. The van der Waals surface area contributed by atoms with Crippen LogP contribution in [0.25, 0.3) is 0 Å². The van der Waals surface area contributed by atoms with Crippen molar-refractivity contribution in [3.63, 3.8) is 0 Å². The predicted molar refractivity (Wildman–Crippen MR) is 88.0 cm³/mol. The Morgan fingerprint density at radius 1 is 1.18 bits per heavy atom. The summed E-state index contributed by atoms with van der Waals surface area (Å²) in [6.45, 7) is 8.42. The third-order valence-corrected chi connectivity index (χ3v) is 4.30. The number of para-hydroxylation sites is 1. The minimum Gasteiger partial charge on any atom is -0.496 e. The number of hydrogen-bond acceptors (Lipinski definition) is 4. The van der Waals surface area contributed by atoms with Crippen LogP contribution in [0.5, 0.6) is 5.75 Å². The topological polar surface area (TPSA) is 36.0 Å². The molecule has 0 aromatic heterocycles. The summed E-state index contributed by atoms with van der Waals surface area (Å²) in [6.07, 6.45) is 0. The van der Waals surface area contributed by atoms with Gasteiger partial charge in [0.1, 0.15) is 5.75 Å². The summed E-state index contributed by atoms with van der Waals surface area (Å²) in [5.74, 6) is 0.995. The molecular formula is C17H27N3O2. The van der Waals surface area contributed by atoms with Gasteiger partial charge in [-0.25, -0.2) is 0 Å². The Morgan fingerprint density at radius 2 is 1.82 bits per heavy atom. The zero-order valence-corrected chi connectivity index (χ0v) is 13.9. The van der Waals surface area contributed by atoms with Crippen LogP contribution in [0.15, 0.2) is 24.3 Å². The van der Waals surface area contributed by atoms with Gasteiger partial charge in [-0.2, -0.15) is 0 Å². The molecular weight excluding hydrogens is 278 g/mol. The Labute approximate surface area is 133 Å². The summed E-state index contributed by atoms with van der Waals surface area (Å²) in [7, 11) is 3.52. The lowest BCUT2D eigenvalue weighted by molar-refractivity contribution is -0.132. The zero-order valence-electron chi connectivity index (χ0n) is 13.9. The van der Waals surface area contributed by atoms with E-state index >= 15 is 0 Å². The zero-order chi connectivity index (χ0) is 15.9. The molecule has 0 atom stereocenters. The highest BCUT2D eigenvalue weighted by molar-refractivity contribution is 5.78. The molecule has 5 nitrogen and oxygen atoms in total. The van der Waals surface area contributed by atoms with Gasteiger partial charge in [-0.3, -0.25) is 9.69 Å². The molecule has 1 heterocycles. The van der Waals surface area contributed by atoms with Crippen LogP contribution >= 0.6 is 0 Å². The van der Waals surface area contributed by atoms with Gasteiger partial charge in [-0.05, 0) is 12.6 Å². The van der Waals surface area contributed by atoms with Crippen molar-refractivity contribution in [2.75, 3.05) is 53.4 Å². The monoisotopic (exact) mass is 305 g/mol. The molecule has 0 radical (unpaired) electrons. The molecule has 122 valence electrons. The fraction of sp³-hybridized carbons (Fsp3) is 0.588. The maximum Gasteiger partial charge on any atom is 0.236 e. The number of benzene rings is 1. The fourth-order valence-corrected chi connectivity index (χ4v) is 2.75. The summed E-state index contributed by atoms with van der Waals surface area (Å²) < 4.78 is 5.35. The van der Waals surface area contributed by atoms with Crippen molar-refractivity contribution in [2.24, 2.45) is 0 Å². The molecule has 1 fully saturated rings. The van der Waals surface area contributed by atoms with Gasteiger partial charge in [0.05, 0.1) is 13.7 Å². The number of carbonyl (C=O) groups excluding carboxylic acids is 1. The molecule has 1 aromatic carbocycles. The van der Waals surface area contributed by atoms with Crippen LogP contribution in [0.3, 0.4) is 0 Å². The van der Waals surface area contributed by atoms with E-state index in [2.05, 4.69) is 16.7 Å². The largest absolute Gasteiger partial charge is 0.496 e. The Hall–Kier alpha value is -1.59. The van der Waals surface area contributed by atoms with Crippen LogP contribution in [0.4, 0.5) is 0 Å². The molecule has 5 heteroatoms. The van der Waals surface area contributed by atoms with Crippen molar-refractivity contribution in [1.82, 2.24) is 14.7 Å². The van der Waals surface area contributed by atoms with Crippen LogP contribution in [0, 0.1) is 0 Å². The average Bonchev–Trinajstić information content (AvgIpc) is 2.56. The highest BCUT2D eigenvalue weighted by atomic mass is 16.5. The summed E-state index contributed by atoms with van der Waals surface area (Å²) in [6, 6.07) is 7.85. The molecule has 0 unspecified atom stereocenters. The Balaban J connectivity index is 1.85. The first-order valence-electron chi connectivity index (χ1n) is 7.94. The highest BCUT2D eigenvalue weighted by Gasteiger charge is 2.20. The average molecular weight is 305 g/mol. The maximum atomic E-state index is 12.4. The third kappa shape index (κ3) is 4.45. The fourth-order valence-electron chi connectivity index (χ4n) is 2.75. The van der Waals surface area contributed by atoms with Gasteiger partial charge >= 0.3 is 0 Å². The first kappa shape index (κ1) is 16.8. The van der Waals surface area contributed by atoms with E-state index in [1.807, 2.05) is 31.3 Å². The molecule has 0 saturated carbocycles. The number of amides is 1. The Kier molecular flexibility index (Phi) is 6.21. The number of likely N-dealkylation sites (N-methyl/N-ethyl adjacent to an activating group) is 2. The smallest absolute Gasteiger partial charge is 0.236 e. The van der Waals surface area contributed by atoms with E-state index in [-0.39, 0.29) is 5.91 Å². The summed E-state index contributed by atoms with van der Waals surface area (Å²) in [5, 5.41) is 0. The van der Waals surface area contributed by atoms with Crippen LogP contribution < -0.4 is 4.74 Å². The number of rotatable bonds is 6. The van der Waals surface area contributed by atoms with E-state index in [9.17, 15) is 4.79 Å². The molecule has 0 spiro atoms. The van der Waals surface area contributed by atoms with Crippen LogP contribution in [0.2, 0.25) is 0 Å². The third-order valence-electron chi connectivity index (χ3n) is 4.30. The summed E-state index contributed by atoms with van der Waals surface area (Å²) in [4.78, 5) is 18.8. The lowest BCUT2D eigenvalue weighted by Crippen LogP contribution is -2.49. The Morgan fingerprint density at radius 3 is 2.45 bits per heavy atom. The second-order valence-electron chi connectivity index (χ2n) is 5.77. The van der Waals surface area contributed by atoms with E-state index in [0.29, 0.717) is 13.1 Å². The molecule has 1 aromatic rings. The van der Waals surface area contributed by atoms with Gasteiger partial charge < -0.3 is 14.5 Å². The van der Waals surface area contributed by atoms with Crippen molar-refractivity contribution in [3.05, 3.63) is 29.8 Å². The van der Waals surface area contributed by atoms with Gasteiger partial charge in [-0.15, -0.1) is 0 Å². The van der Waals surface area contributed by atoms with Gasteiger partial charge in [0, 0.05) is 45.3 Å². The van der Waals surface area contributed by atoms with E-state index in [1.54, 1.807) is 12.0 Å². The molecule has 2 rings (SSSR count). The molecule has 0 bridgehead atoms. The minimum atomic E-state index is 0.163. The molecule has 22 heavy (non-hydrogen) atoms. The standard InChI is InChI=1S/C17H27N3O2/c1-4-19-9-11-20(12-10-19)14-17(21)18(2)13-15-7-5-6-8-16(15)22-3/h5-8H,4,9-14H2,1-3H3. The Bertz CT molecular complexity index is 485. The number of carbonyl (C=O) groups is 1. The van der Waals surface area contributed by atoms with E-state index in [4.69, 9.17) is 4.74 Å². The first-order valence-corrected chi connectivity index (χ1v) is 7.94. The number of ether oxygens (including phenoxy) is 1. The molecule has 1 aliphatic heterocycles. The normalized spacial score (nSPS) is 16.5. The van der Waals surface area contributed by atoms with Gasteiger partial charge in [0.15, 0.2) is 0 Å². The van der Waals surface area contributed by atoms with E-state index in [1.165, 1.54) is 0 Å². The quantitative estimate of drug-likeness (QED) is 0.793. The number of piperazine rings is 1. The summed E-state index contributed by atoms with van der Waals surface area (Å²) >= 11 is 0. The van der Waals surface area contributed by atoms with Gasteiger partial charge in [-0.1, -0.05) is 25.1 Å². The molecule has 0 aliphatic carbocycles. The van der Waals surface area contributed by atoms with Crippen LogP contribution in [0.1, 0.15) is 12.5 Å². The van der Waals surface area contributed by atoms with Crippen molar-refractivity contribution >= 4 is 5.91 Å². The van der Waals surface area contributed by atoms with Gasteiger partial charge in [0.25, 0.3) is 0 Å². The molecule has 1 saturated heterocycles. The second kappa shape index (κ2) is 8.15. The van der Waals surface area contributed by atoms with E-state index < -0.39 is 0 Å². The molecule has 1 amide bonds. The van der Waals surface area contributed by atoms with Gasteiger partial charge in [0.2, 0.25) is 5.91 Å². The first-order chi connectivity index (χ1) is 10.6. The van der Waals surface area contributed by atoms with Crippen LogP contribution in [-0.2, 0) is 11.3 Å².